The maximum absolute atomic E-state index is 13.0. The average molecular weight is 444 g/mol. The van der Waals surface area contributed by atoms with E-state index in [1.807, 2.05) is 0 Å². The summed E-state index contributed by atoms with van der Waals surface area (Å²) in [7, 11) is -2.62. The van der Waals surface area contributed by atoms with E-state index in [-0.39, 0.29) is 48.2 Å². The van der Waals surface area contributed by atoms with Gasteiger partial charge in [0.15, 0.2) is 0 Å². The van der Waals surface area contributed by atoms with Crippen LogP contribution in [0.1, 0.15) is 15.9 Å². The van der Waals surface area contributed by atoms with E-state index in [2.05, 4.69) is 5.32 Å². The van der Waals surface area contributed by atoms with Gasteiger partial charge in [-0.05, 0) is 42.5 Å². The molecule has 1 saturated heterocycles. The van der Waals surface area contributed by atoms with Gasteiger partial charge < -0.3 is 14.8 Å². The van der Waals surface area contributed by atoms with Gasteiger partial charge in [-0.15, -0.1) is 0 Å². The summed E-state index contributed by atoms with van der Waals surface area (Å²) in [5.74, 6) is -0.594. The fourth-order valence-electron chi connectivity index (χ4n) is 2.89. The number of nitrogens with one attached hydrogen (secondary N) is 1. The van der Waals surface area contributed by atoms with Gasteiger partial charge in [-0.25, -0.2) is 8.42 Å². The van der Waals surface area contributed by atoms with E-state index >= 15 is 0 Å². The Kier molecular flexibility index (Phi) is 6.34. The minimum Gasteiger partial charge on any atom is -0.495 e. The molecule has 0 saturated carbocycles. The van der Waals surface area contributed by atoms with Crippen molar-refractivity contribution in [3.05, 3.63) is 53.6 Å². The molecule has 3 rings (SSSR count). The van der Waals surface area contributed by atoms with Crippen LogP contribution in [0, 0.1) is 0 Å². The molecule has 162 valence electrons. The molecule has 7 nitrogen and oxygen atoms in total. The maximum Gasteiger partial charge on any atom is 0.416 e. The molecule has 1 amide bonds. The molecule has 2 aromatic rings. The summed E-state index contributed by atoms with van der Waals surface area (Å²) in [6.45, 7) is 0.867. The highest BCUT2D eigenvalue weighted by Gasteiger charge is 2.31. The number of hydrogen-bond acceptors (Lipinski definition) is 5. The molecule has 1 fully saturated rings. The predicted molar refractivity (Wildman–Crippen MR) is 102 cm³/mol. The molecule has 0 aromatic heterocycles. The Hall–Kier alpha value is -2.63. The fraction of sp³-hybridized carbons (Fsp3) is 0.316. The molecule has 0 aliphatic carbocycles. The minimum absolute atomic E-state index is 0.0162. The molecular formula is C19H19F3N2O5S. The van der Waals surface area contributed by atoms with Gasteiger partial charge in [0, 0.05) is 24.3 Å². The average Bonchev–Trinajstić information content (AvgIpc) is 2.73. The molecule has 1 aliphatic rings. The number of halogens is 3. The molecule has 1 aliphatic heterocycles. The lowest BCUT2D eigenvalue weighted by Crippen LogP contribution is -2.40. The number of carbonyl (C=O) groups excluding carboxylic acids is 1. The lowest BCUT2D eigenvalue weighted by molar-refractivity contribution is -0.137. The van der Waals surface area contributed by atoms with Crippen LogP contribution in [0.15, 0.2) is 47.4 Å². The largest absolute Gasteiger partial charge is 0.495 e. The number of anilines is 1. The highest BCUT2D eigenvalue weighted by molar-refractivity contribution is 7.89. The van der Waals surface area contributed by atoms with Crippen LogP contribution < -0.4 is 10.1 Å². The number of alkyl halides is 3. The highest BCUT2D eigenvalue weighted by atomic mass is 32.2. The third kappa shape index (κ3) is 4.74. The van der Waals surface area contributed by atoms with E-state index in [9.17, 15) is 26.4 Å². The van der Waals surface area contributed by atoms with E-state index in [0.29, 0.717) is 0 Å². The third-order valence-corrected chi connectivity index (χ3v) is 6.40. The van der Waals surface area contributed by atoms with Gasteiger partial charge in [0.05, 0.1) is 25.9 Å². The van der Waals surface area contributed by atoms with Gasteiger partial charge >= 0.3 is 6.18 Å². The Labute approximate surface area is 171 Å². The molecule has 30 heavy (non-hydrogen) atoms. The zero-order valence-corrected chi connectivity index (χ0v) is 16.7. The van der Waals surface area contributed by atoms with Crippen LogP contribution in [0.2, 0.25) is 0 Å². The van der Waals surface area contributed by atoms with E-state index < -0.39 is 27.7 Å². The zero-order chi connectivity index (χ0) is 21.9. The first kappa shape index (κ1) is 22.1. The monoisotopic (exact) mass is 444 g/mol. The molecule has 0 radical (unpaired) electrons. The lowest BCUT2D eigenvalue weighted by atomic mass is 10.1. The Morgan fingerprint density at radius 2 is 1.73 bits per heavy atom. The Balaban J connectivity index is 1.86. The van der Waals surface area contributed by atoms with Crippen LogP contribution in [0.25, 0.3) is 0 Å². The molecule has 0 spiro atoms. The summed E-state index contributed by atoms with van der Waals surface area (Å²) in [4.78, 5) is 12.4. The smallest absolute Gasteiger partial charge is 0.416 e. The number of benzene rings is 2. The molecule has 11 heteroatoms. The molecular weight excluding hydrogens is 425 g/mol. The van der Waals surface area contributed by atoms with Crippen LogP contribution >= 0.6 is 0 Å². The molecule has 1 N–H and O–H groups in total. The molecule has 2 aromatic carbocycles. The SMILES string of the molecule is COc1ccc(C(=O)Nc2ccc(C(F)(F)F)cc2)cc1S(=O)(=O)N1CCOCC1. The van der Waals surface area contributed by atoms with E-state index in [0.717, 1.165) is 24.3 Å². The van der Waals surface area contributed by atoms with Gasteiger partial charge in [-0.3, -0.25) is 4.79 Å². The fourth-order valence-corrected chi connectivity index (χ4v) is 4.48. The highest BCUT2D eigenvalue weighted by Crippen LogP contribution is 2.31. The van der Waals surface area contributed by atoms with Gasteiger partial charge in [-0.1, -0.05) is 0 Å². The third-order valence-electron chi connectivity index (χ3n) is 4.48. The number of amides is 1. The summed E-state index contributed by atoms with van der Waals surface area (Å²) in [5.41, 5.74) is -0.687. The summed E-state index contributed by atoms with van der Waals surface area (Å²) in [5, 5.41) is 2.46. The van der Waals surface area contributed by atoms with E-state index in [1.54, 1.807) is 0 Å². The minimum atomic E-state index is -4.48. The first-order valence-electron chi connectivity index (χ1n) is 8.87. The second-order valence-electron chi connectivity index (χ2n) is 6.41. The predicted octanol–water partition coefficient (Wildman–Crippen LogP) is 2.99. The van der Waals surface area contributed by atoms with Crippen molar-refractivity contribution in [2.45, 2.75) is 11.1 Å². The van der Waals surface area contributed by atoms with Gasteiger partial charge in [-0.2, -0.15) is 17.5 Å². The van der Waals surface area contributed by atoms with Crippen LogP contribution in [-0.4, -0.2) is 52.0 Å². The van der Waals surface area contributed by atoms with Crippen LogP contribution in [0.3, 0.4) is 0 Å². The maximum atomic E-state index is 13.0. The second-order valence-corrected chi connectivity index (χ2v) is 8.32. The number of nitrogens with zero attached hydrogens (tertiary/aromatic N) is 1. The van der Waals surface area contributed by atoms with Crippen molar-refractivity contribution in [1.29, 1.82) is 0 Å². The van der Waals surface area contributed by atoms with E-state index in [4.69, 9.17) is 9.47 Å². The summed E-state index contributed by atoms with van der Waals surface area (Å²) >= 11 is 0. The Morgan fingerprint density at radius 1 is 1.10 bits per heavy atom. The van der Waals surface area contributed by atoms with Gasteiger partial charge in [0.2, 0.25) is 10.0 Å². The number of sulfonamides is 1. The van der Waals surface area contributed by atoms with Gasteiger partial charge in [0.25, 0.3) is 5.91 Å². The molecule has 0 atom stereocenters. The number of ether oxygens (including phenoxy) is 2. The Bertz CT molecular complexity index is 1020. The van der Waals surface area contributed by atoms with Crippen molar-refractivity contribution >= 4 is 21.6 Å². The molecule has 0 unspecified atom stereocenters. The number of methoxy groups -OCH3 is 1. The molecule has 0 bridgehead atoms. The topological polar surface area (TPSA) is 84.9 Å². The van der Waals surface area contributed by atoms with E-state index in [1.165, 1.54) is 29.6 Å². The first-order valence-corrected chi connectivity index (χ1v) is 10.3. The summed E-state index contributed by atoms with van der Waals surface area (Å²) in [6.07, 6.45) is -4.48. The second kappa shape index (κ2) is 8.62. The summed E-state index contributed by atoms with van der Waals surface area (Å²) < 4.78 is 75.5. The number of rotatable bonds is 5. The first-order chi connectivity index (χ1) is 14.1. The molecule has 1 heterocycles. The number of carbonyl (C=O) groups is 1. The lowest BCUT2D eigenvalue weighted by Gasteiger charge is -2.26. The normalized spacial score (nSPS) is 15.6. The van der Waals surface area contributed by atoms with Crippen LogP contribution in [0.5, 0.6) is 5.75 Å². The standard InChI is InChI=1S/C19H19F3N2O5S/c1-28-16-7-2-13(12-17(16)30(26,27)24-8-10-29-11-9-24)18(25)23-15-5-3-14(4-6-15)19(20,21)22/h2-7,12H,8-11H2,1H3,(H,23,25). The van der Waals surface area contributed by atoms with Crippen molar-refractivity contribution < 1.29 is 35.9 Å². The number of hydrogen-bond donors (Lipinski definition) is 1. The number of morpholine rings is 1. The van der Waals surface area contributed by atoms with Gasteiger partial charge in [0.1, 0.15) is 10.6 Å². The van der Waals surface area contributed by atoms with Crippen molar-refractivity contribution in [2.24, 2.45) is 0 Å². The summed E-state index contributed by atoms with van der Waals surface area (Å²) in [6, 6.07) is 7.84. The van der Waals surface area contributed by atoms with Crippen LogP contribution in [0.4, 0.5) is 18.9 Å². The Morgan fingerprint density at radius 3 is 2.30 bits per heavy atom. The van der Waals surface area contributed by atoms with Crippen molar-refractivity contribution in [3.63, 3.8) is 0 Å². The van der Waals surface area contributed by atoms with Crippen molar-refractivity contribution in [2.75, 3.05) is 38.7 Å². The van der Waals surface area contributed by atoms with Crippen molar-refractivity contribution in [3.8, 4) is 5.75 Å². The van der Waals surface area contributed by atoms with Crippen molar-refractivity contribution in [1.82, 2.24) is 4.31 Å². The quantitative estimate of drug-likeness (QED) is 0.767. The zero-order valence-electron chi connectivity index (χ0n) is 15.9. The van der Waals surface area contributed by atoms with Crippen LogP contribution in [-0.2, 0) is 20.9 Å².